The van der Waals surface area contributed by atoms with Crippen LogP contribution in [0.15, 0.2) is 6.20 Å². The van der Waals surface area contributed by atoms with Crippen molar-refractivity contribution in [3.8, 4) is 6.07 Å². The Balaban J connectivity index is 0. The van der Waals surface area contributed by atoms with Crippen LogP contribution in [0.2, 0.25) is 0 Å². The van der Waals surface area contributed by atoms with Crippen molar-refractivity contribution in [1.82, 2.24) is 9.97 Å². The number of nitrogens with zero attached hydrogens (tertiary/aromatic N) is 4. The molecule has 1 aliphatic rings. The summed E-state index contributed by atoms with van der Waals surface area (Å²) in [7, 11) is 0. The smallest absolute Gasteiger partial charge is 0.405 e. The van der Waals surface area contributed by atoms with Crippen molar-refractivity contribution in [1.29, 1.82) is 5.26 Å². The molecule has 0 atom stereocenters. The Bertz CT molecular complexity index is 571. The van der Waals surface area contributed by atoms with E-state index in [-0.39, 0.29) is 0 Å². The summed E-state index contributed by atoms with van der Waals surface area (Å²) in [5, 5.41) is 8.75. The lowest BCUT2D eigenvalue weighted by atomic mass is 10.1. The Hall–Kier alpha value is -2.36. The van der Waals surface area contributed by atoms with Crippen LogP contribution >= 0.6 is 0 Å². The zero-order chi connectivity index (χ0) is 21.5. The minimum absolute atomic E-state index is 0.427. The zero-order valence-corrected chi connectivity index (χ0v) is 18.3. The lowest BCUT2D eigenvalue weighted by Gasteiger charge is -2.27. The van der Waals surface area contributed by atoms with Crippen molar-refractivity contribution in [2.24, 2.45) is 5.73 Å². The third-order valence-corrected chi connectivity index (χ3v) is 3.13. The first kappa shape index (κ1) is 26.9. The number of ether oxygens (including phenoxy) is 1. The largest absolute Gasteiger partial charge is 0.444 e. The van der Waals surface area contributed by atoms with Gasteiger partial charge in [-0.25, -0.2) is 14.8 Å². The summed E-state index contributed by atoms with van der Waals surface area (Å²) in [6.07, 6.45) is 4.73. The highest BCUT2D eigenvalue weighted by Gasteiger charge is 2.13. The highest BCUT2D eigenvalue weighted by Crippen LogP contribution is 2.17. The highest BCUT2D eigenvalue weighted by atomic mass is 16.6. The molecule has 0 saturated carbocycles. The third kappa shape index (κ3) is 12.6. The van der Waals surface area contributed by atoms with E-state index >= 15 is 0 Å². The first-order valence-corrected chi connectivity index (χ1v) is 9.70. The fourth-order valence-corrected chi connectivity index (χ4v) is 2.16. The summed E-state index contributed by atoms with van der Waals surface area (Å²) in [5.41, 5.74) is 5.41. The molecule has 2 rings (SSSR count). The van der Waals surface area contributed by atoms with Gasteiger partial charge in [0.25, 0.3) is 0 Å². The highest BCUT2D eigenvalue weighted by molar-refractivity contribution is 5.65. The van der Waals surface area contributed by atoms with Gasteiger partial charge in [-0.1, -0.05) is 27.7 Å². The van der Waals surface area contributed by atoms with E-state index in [1.807, 2.05) is 40.7 Å². The Morgan fingerprint density at radius 3 is 2.04 bits per heavy atom. The number of amides is 1. The van der Waals surface area contributed by atoms with Crippen LogP contribution in [-0.4, -0.2) is 34.8 Å². The molecular weight excluding hydrogens is 342 g/mol. The number of aryl methyl sites for hydroxylation is 1. The van der Waals surface area contributed by atoms with Gasteiger partial charge < -0.3 is 15.4 Å². The minimum Gasteiger partial charge on any atom is -0.444 e. The molecule has 0 bridgehead atoms. The number of nitrogens with two attached hydrogens (primary N) is 1. The van der Waals surface area contributed by atoms with Gasteiger partial charge in [0.15, 0.2) is 5.69 Å². The summed E-state index contributed by atoms with van der Waals surface area (Å²) in [5.74, 6) is 0.909. The molecule has 1 saturated heterocycles. The molecule has 0 unspecified atom stereocenters. The van der Waals surface area contributed by atoms with Crippen molar-refractivity contribution in [2.75, 3.05) is 18.0 Å². The van der Waals surface area contributed by atoms with E-state index in [0.717, 1.165) is 24.6 Å². The molecule has 2 heterocycles. The Morgan fingerprint density at radius 1 is 1.19 bits per heavy atom. The number of hydrogen-bond acceptors (Lipinski definition) is 6. The second-order valence-corrected chi connectivity index (χ2v) is 6.36. The van der Waals surface area contributed by atoms with Crippen LogP contribution < -0.4 is 10.6 Å². The number of rotatable bonds is 1. The summed E-state index contributed by atoms with van der Waals surface area (Å²) < 4.78 is 4.58. The molecular formula is C20H37N5O2. The molecule has 0 aromatic carbocycles. The molecule has 2 N–H and O–H groups in total. The van der Waals surface area contributed by atoms with E-state index in [9.17, 15) is 4.79 Å². The molecule has 0 aliphatic carbocycles. The minimum atomic E-state index is -0.725. The number of aromatic nitrogens is 2. The number of nitriles is 1. The monoisotopic (exact) mass is 379 g/mol. The van der Waals surface area contributed by atoms with Crippen molar-refractivity contribution in [2.45, 2.75) is 80.3 Å². The molecule has 0 radical (unpaired) electrons. The van der Waals surface area contributed by atoms with Crippen LogP contribution in [0.5, 0.6) is 0 Å². The number of anilines is 1. The quantitative estimate of drug-likeness (QED) is 0.765. The Morgan fingerprint density at radius 2 is 1.70 bits per heavy atom. The van der Waals surface area contributed by atoms with Crippen molar-refractivity contribution in [3.63, 3.8) is 0 Å². The number of hydrogen-bond donors (Lipinski definition) is 1. The van der Waals surface area contributed by atoms with Gasteiger partial charge in [0.05, 0.1) is 11.9 Å². The SMILES string of the molecule is CC.CC.CC(C)(C)OC(N)=O.Cc1nc(N2CCCCC2)cnc1C#N. The molecule has 1 aliphatic heterocycles. The van der Waals surface area contributed by atoms with Gasteiger partial charge in [0.2, 0.25) is 0 Å². The lowest BCUT2D eigenvalue weighted by Crippen LogP contribution is -2.30. The van der Waals surface area contributed by atoms with E-state index in [2.05, 4.69) is 19.6 Å². The number of carbonyl (C=O) groups excluding carboxylic acids is 1. The van der Waals surface area contributed by atoms with Gasteiger partial charge in [-0.15, -0.1) is 0 Å². The number of carbonyl (C=O) groups is 1. The molecule has 0 spiro atoms. The van der Waals surface area contributed by atoms with Crippen molar-refractivity contribution < 1.29 is 9.53 Å². The molecule has 7 nitrogen and oxygen atoms in total. The van der Waals surface area contributed by atoms with Crippen LogP contribution in [-0.2, 0) is 4.74 Å². The van der Waals surface area contributed by atoms with Crippen LogP contribution in [0.3, 0.4) is 0 Å². The summed E-state index contributed by atoms with van der Waals surface area (Å²) in [4.78, 5) is 20.8. The average molecular weight is 380 g/mol. The van der Waals surface area contributed by atoms with Crippen LogP contribution in [0.25, 0.3) is 0 Å². The first-order valence-electron chi connectivity index (χ1n) is 9.70. The van der Waals surface area contributed by atoms with E-state index in [1.165, 1.54) is 19.3 Å². The standard InChI is InChI=1S/C11H14N4.C5H11NO2.2C2H6/c1-9-10(7-12)13-8-11(14-9)15-5-3-2-4-6-15;1-5(2,3)8-4(6)7;2*1-2/h8H,2-6H2,1H3;1-3H3,(H2,6,7);2*1-2H3. The predicted octanol–water partition coefficient (Wildman–Crippen LogP) is 4.58. The molecule has 154 valence electrons. The molecule has 1 aromatic heterocycles. The Kier molecular flexibility index (Phi) is 14.7. The predicted molar refractivity (Wildman–Crippen MR) is 111 cm³/mol. The van der Waals surface area contributed by atoms with Gasteiger partial charge >= 0.3 is 6.09 Å². The van der Waals surface area contributed by atoms with Crippen molar-refractivity contribution in [3.05, 3.63) is 17.6 Å². The molecule has 7 heteroatoms. The van der Waals surface area contributed by atoms with Gasteiger partial charge in [-0.2, -0.15) is 5.26 Å². The van der Waals surface area contributed by atoms with Gasteiger partial charge in [0, 0.05) is 13.1 Å². The average Bonchev–Trinajstić information content (AvgIpc) is 2.64. The lowest BCUT2D eigenvalue weighted by molar-refractivity contribution is 0.0600. The maximum absolute atomic E-state index is 10.0. The molecule has 1 fully saturated rings. The second-order valence-electron chi connectivity index (χ2n) is 6.36. The van der Waals surface area contributed by atoms with E-state index in [4.69, 9.17) is 11.0 Å². The normalized spacial score (nSPS) is 12.6. The molecule has 1 amide bonds. The molecule has 27 heavy (non-hydrogen) atoms. The first-order chi connectivity index (χ1) is 12.7. The maximum Gasteiger partial charge on any atom is 0.405 e. The van der Waals surface area contributed by atoms with Crippen LogP contribution in [0.4, 0.5) is 10.6 Å². The number of piperidine rings is 1. The van der Waals surface area contributed by atoms with Crippen LogP contribution in [0.1, 0.15) is 79.1 Å². The van der Waals surface area contributed by atoms with E-state index in [0.29, 0.717) is 5.69 Å². The summed E-state index contributed by atoms with van der Waals surface area (Å²) in [6, 6.07) is 2.03. The van der Waals surface area contributed by atoms with Crippen LogP contribution in [0, 0.1) is 18.3 Å². The van der Waals surface area contributed by atoms with Gasteiger partial charge in [-0.3, -0.25) is 0 Å². The number of primary amides is 1. The van der Waals surface area contributed by atoms with Crippen molar-refractivity contribution >= 4 is 11.9 Å². The zero-order valence-electron chi connectivity index (χ0n) is 18.3. The van der Waals surface area contributed by atoms with E-state index in [1.54, 1.807) is 27.0 Å². The second kappa shape index (κ2) is 14.8. The third-order valence-electron chi connectivity index (χ3n) is 3.13. The molecule has 1 aromatic rings. The maximum atomic E-state index is 10.0. The van der Waals surface area contributed by atoms with Gasteiger partial charge in [0.1, 0.15) is 17.5 Å². The summed E-state index contributed by atoms with van der Waals surface area (Å²) in [6.45, 7) is 17.2. The van der Waals surface area contributed by atoms with Gasteiger partial charge in [-0.05, 0) is 47.0 Å². The van der Waals surface area contributed by atoms with E-state index < -0.39 is 11.7 Å². The fraction of sp³-hybridized carbons (Fsp3) is 0.700. The fourth-order valence-electron chi connectivity index (χ4n) is 2.16. The topological polar surface area (TPSA) is 105 Å². The Labute approximate surface area is 164 Å². The summed E-state index contributed by atoms with van der Waals surface area (Å²) >= 11 is 0.